The Bertz CT molecular complexity index is 721. The van der Waals surface area contributed by atoms with E-state index in [4.69, 9.17) is 5.11 Å². The second-order valence-corrected chi connectivity index (χ2v) is 9.37. The van der Waals surface area contributed by atoms with E-state index < -0.39 is 48.0 Å². The summed E-state index contributed by atoms with van der Waals surface area (Å²) >= 11 is 0. The minimum Gasteiger partial charge on any atom is -0.481 e. The number of amides is 2. The fourth-order valence-corrected chi connectivity index (χ4v) is 3.86. The molecule has 0 radical (unpaired) electrons. The lowest BCUT2D eigenvalue weighted by molar-refractivity contribution is -0.143. The molecule has 0 aromatic carbocycles. The molecule has 0 aliphatic rings. The van der Waals surface area contributed by atoms with E-state index in [-0.39, 0.29) is 38.5 Å². The predicted octanol–water partition coefficient (Wildman–Crippen LogP) is 1.49. The predicted molar refractivity (Wildman–Crippen MR) is 139 cm³/mol. The van der Waals surface area contributed by atoms with Crippen LogP contribution in [-0.4, -0.2) is 75.5 Å². The number of hydrogen-bond donors (Lipinski definition) is 8. The number of unbranched alkanes of at least 4 members (excludes halogenated alkanes) is 9. The van der Waals surface area contributed by atoms with E-state index in [1.807, 2.05) is 0 Å². The van der Waals surface area contributed by atoms with Gasteiger partial charge in [-0.1, -0.05) is 51.4 Å². The lowest BCUT2D eigenvalue weighted by atomic mass is 10.0. The van der Waals surface area contributed by atoms with Crippen LogP contribution in [0, 0.1) is 0 Å². The zero-order valence-electron chi connectivity index (χ0n) is 22.4. The highest BCUT2D eigenvalue weighted by atomic mass is 16.4. The van der Waals surface area contributed by atoms with Crippen molar-refractivity contribution < 1.29 is 44.4 Å². The summed E-state index contributed by atoms with van der Waals surface area (Å²) in [6.07, 6.45) is 8.44. The number of hydrogen-bond acceptors (Lipinski definition) is 8. The lowest BCUT2D eigenvalue weighted by Gasteiger charge is -2.18. The van der Waals surface area contributed by atoms with E-state index in [9.17, 15) is 39.3 Å². The summed E-state index contributed by atoms with van der Waals surface area (Å²) in [7, 11) is 1.54. The van der Waals surface area contributed by atoms with Crippen molar-refractivity contribution in [2.45, 2.75) is 121 Å². The number of aliphatic carboxylic acids is 3. The molecule has 13 nitrogen and oxygen atoms in total. The summed E-state index contributed by atoms with van der Waals surface area (Å²) in [6, 6.07) is -2.49. The van der Waals surface area contributed by atoms with Gasteiger partial charge in [0.15, 0.2) is 0 Å². The fraction of sp³-hybridized carbons (Fsp3) is 0.800. The molecule has 8 N–H and O–H groups in total. The molecule has 0 fully saturated rings. The van der Waals surface area contributed by atoms with E-state index in [0.29, 0.717) is 6.42 Å². The van der Waals surface area contributed by atoms with Crippen molar-refractivity contribution in [3.8, 4) is 0 Å². The SMILES string of the molecule is CNNC(O)CC[C@H](NC(=O)CC[C@H](NC(=O)CCCCCCCCCCCCC(=O)O)C(=O)O)C(=O)O. The smallest absolute Gasteiger partial charge is 0.326 e. The number of carboxylic acids is 3. The van der Waals surface area contributed by atoms with Gasteiger partial charge in [0.2, 0.25) is 11.8 Å². The standard InChI is InChI=1S/C25H46N4O9/c1-26-29-22(32)17-15-19(25(37)38)28-21(31)16-14-18(24(35)36)27-20(30)12-10-8-6-4-2-3-5-7-9-11-13-23(33)34/h18-19,22,26,29,32H,2-17H2,1H3,(H,27,30)(H,28,31)(H,33,34)(H,35,36)(H,37,38)/t18-,19-,22?/m0/s1. The first-order valence-corrected chi connectivity index (χ1v) is 13.4. The zero-order chi connectivity index (χ0) is 28.8. The Morgan fingerprint density at radius 2 is 1.00 bits per heavy atom. The Morgan fingerprint density at radius 3 is 1.45 bits per heavy atom. The van der Waals surface area contributed by atoms with E-state index >= 15 is 0 Å². The van der Waals surface area contributed by atoms with Crippen LogP contribution in [0.25, 0.3) is 0 Å². The summed E-state index contributed by atoms with van der Waals surface area (Å²) in [5, 5.41) is 41.6. The Labute approximate surface area is 224 Å². The van der Waals surface area contributed by atoms with Gasteiger partial charge < -0.3 is 31.1 Å². The fourth-order valence-electron chi connectivity index (χ4n) is 3.86. The van der Waals surface area contributed by atoms with Crippen molar-refractivity contribution in [1.29, 1.82) is 0 Å². The molecule has 0 rings (SSSR count). The number of carbonyl (C=O) groups excluding carboxylic acids is 2. The first kappa shape index (κ1) is 35.2. The first-order valence-electron chi connectivity index (χ1n) is 13.4. The van der Waals surface area contributed by atoms with E-state index in [0.717, 1.165) is 57.8 Å². The van der Waals surface area contributed by atoms with E-state index in [1.54, 1.807) is 0 Å². The molecule has 0 aromatic heterocycles. The maximum Gasteiger partial charge on any atom is 0.326 e. The van der Waals surface area contributed by atoms with Crippen LogP contribution in [0.3, 0.4) is 0 Å². The molecule has 38 heavy (non-hydrogen) atoms. The van der Waals surface area contributed by atoms with Crippen molar-refractivity contribution in [2.24, 2.45) is 0 Å². The van der Waals surface area contributed by atoms with Crippen molar-refractivity contribution in [3.05, 3.63) is 0 Å². The highest BCUT2D eigenvalue weighted by molar-refractivity contribution is 5.86. The molecule has 0 saturated heterocycles. The third-order valence-electron chi connectivity index (χ3n) is 6.01. The van der Waals surface area contributed by atoms with Gasteiger partial charge >= 0.3 is 17.9 Å². The topological polar surface area (TPSA) is 214 Å². The van der Waals surface area contributed by atoms with Gasteiger partial charge in [0.1, 0.15) is 18.3 Å². The minimum atomic E-state index is -1.27. The highest BCUT2D eigenvalue weighted by Gasteiger charge is 2.24. The molecule has 0 spiro atoms. The molecule has 13 heteroatoms. The zero-order valence-corrected chi connectivity index (χ0v) is 22.4. The number of nitrogens with one attached hydrogen (secondary N) is 4. The second-order valence-electron chi connectivity index (χ2n) is 9.37. The van der Waals surface area contributed by atoms with Gasteiger partial charge in [-0.3, -0.25) is 19.8 Å². The normalized spacial score (nSPS) is 13.3. The van der Waals surface area contributed by atoms with Gasteiger partial charge in [-0.15, -0.1) is 0 Å². The molecule has 0 aliphatic heterocycles. The van der Waals surface area contributed by atoms with E-state index in [2.05, 4.69) is 21.5 Å². The number of rotatable bonds is 25. The van der Waals surface area contributed by atoms with Gasteiger partial charge in [-0.05, 0) is 39.2 Å². The lowest BCUT2D eigenvalue weighted by Crippen LogP contribution is -2.45. The van der Waals surface area contributed by atoms with Crippen LogP contribution >= 0.6 is 0 Å². The molecule has 0 saturated carbocycles. The Balaban J connectivity index is 4.10. The molecule has 0 bridgehead atoms. The summed E-state index contributed by atoms with van der Waals surface area (Å²) in [5.41, 5.74) is 5.00. The molecule has 3 atom stereocenters. The summed E-state index contributed by atoms with van der Waals surface area (Å²) < 4.78 is 0. The van der Waals surface area contributed by atoms with Gasteiger partial charge in [0.25, 0.3) is 0 Å². The average molecular weight is 547 g/mol. The number of carboxylic acid groups (broad SMARTS) is 3. The van der Waals surface area contributed by atoms with Crippen molar-refractivity contribution in [1.82, 2.24) is 21.5 Å². The molecular formula is C25H46N4O9. The van der Waals surface area contributed by atoms with Crippen LogP contribution in [-0.2, 0) is 24.0 Å². The summed E-state index contributed by atoms with van der Waals surface area (Å²) in [6.45, 7) is 0. The van der Waals surface area contributed by atoms with Crippen molar-refractivity contribution in [2.75, 3.05) is 7.05 Å². The van der Waals surface area contributed by atoms with Crippen molar-refractivity contribution >= 4 is 29.7 Å². The van der Waals surface area contributed by atoms with Crippen LogP contribution in [0.1, 0.15) is 103 Å². The van der Waals surface area contributed by atoms with Crippen LogP contribution in [0.15, 0.2) is 0 Å². The van der Waals surface area contributed by atoms with Gasteiger partial charge in [-0.2, -0.15) is 0 Å². The third kappa shape index (κ3) is 20.3. The molecule has 0 aliphatic carbocycles. The molecule has 2 amide bonds. The van der Waals surface area contributed by atoms with Gasteiger partial charge in [0.05, 0.1) is 0 Å². The maximum absolute atomic E-state index is 12.2. The average Bonchev–Trinajstić information content (AvgIpc) is 2.84. The van der Waals surface area contributed by atoms with Crippen LogP contribution in [0.5, 0.6) is 0 Å². The Morgan fingerprint density at radius 1 is 0.579 bits per heavy atom. The number of carbonyl (C=O) groups is 5. The van der Waals surface area contributed by atoms with Crippen LogP contribution in [0.4, 0.5) is 0 Å². The molecule has 220 valence electrons. The number of aliphatic hydroxyl groups excluding tert-OH is 1. The summed E-state index contributed by atoms with van der Waals surface area (Å²) in [5.74, 6) is -4.36. The Hall–Kier alpha value is -2.77. The second kappa shape index (κ2) is 22.2. The first-order chi connectivity index (χ1) is 18.1. The van der Waals surface area contributed by atoms with Crippen LogP contribution < -0.4 is 21.5 Å². The monoisotopic (exact) mass is 546 g/mol. The van der Waals surface area contributed by atoms with Crippen LogP contribution in [0.2, 0.25) is 0 Å². The van der Waals surface area contributed by atoms with Gasteiger partial charge in [-0.25, -0.2) is 15.0 Å². The summed E-state index contributed by atoms with van der Waals surface area (Å²) in [4.78, 5) is 57.6. The van der Waals surface area contributed by atoms with E-state index in [1.165, 1.54) is 7.05 Å². The molecule has 0 aromatic rings. The van der Waals surface area contributed by atoms with Crippen molar-refractivity contribution in [3.63, 3.8) is 0 Å². The van der Waals surface area contributed by atoms with Gasteiger partial charge in [0, 0.05) is 19.3 Å². The quantitative estimate of drug-likeness (QED) is 0.0466. The molecule has 0 heterocycles. The molecular weight excluding hydrogens is 500 g/mol. The Kier molecular flexibility index (Phi) is 20.6. The minimum absolute atomic E-state index is 0.0371. The maximum atomic E-state index is 12.2. The number of hydrazine groups is 1. The molecule has 1 unspecified atom stereocenters. The highest BCUT2D eigenvalue weighted by Crippen LogP contribution is 2.12. The third-order valence-corrected chi connectivity index (χ3v) is 6.01. The number of aliphatic hydroxyl groups is 1. The largest absolute Gasteiger partial charge is 0.481 e.